The summed E-state index contributed by atoms with van der Waals surface area (Å²) in [5.74, 6) is -2.95. The molecule has 2 fully saturated rings. The number of carboxylic acid groups (broad SMARTS) is 1. The van der Waals surface area contributed by atoms with Crippen LogP contribution in [-0.2, 0) is 20.7 Å². The Bertz CT molecular complexity index is 894. The van der Waals surface area contributed by atoms with E-state index < -0.39 is 53.3 Å². The Morgan fingerprint density at radius 1 is 1.18 bits per heavy atom. The highest BCUT2D eigenvalue weighted by Gasteiger charge is 2.56. The number of hydrogen-bond donors (Lipinski definition) is 1. The molecule has 1 aliphatic carbocycles. The van der Waals surface area contributed by atoms with E-state index in [1.165, 1.54) is 15.9 Å². The van der Waals surface area contributed by atoms with Crippen LogP contribution >= 0.6 is 0 Å². The number of halogens is 2. The highest BCUT2D eigenvalue weighted by atomic mass is 19.1. The third-order valence-electron chi connectivity index (χ3n) is 6.12. The lowest BCUT2D eigenvalue weighted by Crippen LogP contribution is -2.70. The number of hydrogen-bond acceptors (Lipinski definition) is 4. The molecule has 9 heteroatoms. The van der Waals surface area contributed by atoms with Crippen molar-refractivity contribution >= 4 is 18.0 Å². The van der Waals surface area contributed by atoms with Crippen LogP contribution < -0.4 is 0 Å². The summed E-state index contributed by atoms with van der Waals surface area (Å²) in [5.41, 5.74) is -1.61. The number of benzene rings is 1. The maximum Gasteiger partial charge on any atom is 0.411 e. The summed E-state index contributed by atoms with van der Waals surface area (Å²) in [6.07, 6.45) is 2.16. The number of carboxylic acids is 1. The van der Waals surface area contributed by atoms with Crippen molar-refractivity contribution in [2.24, 2.45) is 0 Å². The molecule has 1 aliphatic heterocycles. The lowest BCUT2D eigenvalue weighted by molar-refractivity contribution is -0.161. The molecule has 2 aliphatic rings. The van der Waals surface area contributed by atoms with Gasteiger partial charge in [-0.3, -0.25) is 14.5 Å². The van der Waals surface area contributed by atoms with Gasteiger partial charge in [0.25, 0.3) is 0 Å². The topological polar surface area (TPSA) is 87.2 Å². The number of carbonyl (C=O) groups is 3. The molecule has 1 saturated heterocycles. The Morgan fingerprint density at radius 3 is 2.32 bits per heavy atom. The summed E-state index contributed by atoms with van der Waals surface area (Å²) in [4.78, 5) is 41.0. The number of aryl methyl sites for hydroxylation is 1. The predicted molar refractivity (Wildman–Crippen MR) is 123 cm³/mol. The number of amides is 2. The van der Waals surface area contributed by atoms with Crippen LogP contribution in [0.2, 0.25) is 0 Å². The van der Waals surface area contributed by atoms with Gasteiger partial charge in [0.05, 0.1) is 6.04 Å². The van der Waals surface area contributed by atoms with Gasteiger partial charge in [0.15, 0.2) is 0 Å². The van der Waals surface area contributed by atoms with Crippen LogP contribution in [0.25, 0.3) is 0 Å². The lowest BCUT2D eigenvalue weighted by atomic mass is 9.87. The van der Waals surface area contributed by atoms with Crippen LogP contribution in [0.15, 0.2) is 18.2 Å². The first kappa shape index (κ1) is 27.5. The molecule has 7 nitrogen and oxygen atoms in total. The normalized spacial score (nSPS) is 19.6. The Hall–Kier alpha value is -2.71. The van der Waals surface area contributed by atoms with Crippen molar-refractivity contribution in [3.05, 3.63) is 35.4 Å². The van der Waals surface area contributed by atoms with Crippen molar-refractivity contribution < 1.29 is 33.0 Å². The molecular formula is C25H36F2N2O5. The molecule has 1 aromatic carbocycles. The smallest absolute Gasteiger partial charge is 0.411 e. The quantitative estimate of drug-likeness (QED) is 0.653. The van der Waals surface area contributed by atoms with Crippen LogP contribution in [-0.4, -0.2) is 63.1 Å². The molecule has 0 aromatic heterocycles. The Morgan fingerprint density at radius 2 is 1.79 bits per heavy atom. The van der Waals surface area contributed by atoms with Crippen LogP contribution in [0.4, 0.5) is 13.6 Å². The van der Waals surface area contributed by atoms with Crippen molar-refractivity contribution in [2.75, 3.05) is 13.1 Å². The van der Waals surface area contributed by atoms with Crippen LogP contribution in [0, 0.1) is 11.6 Å². The maximum atomic E-state index is 14.1. The second-order valence-corrected chi connectivity index (χ2v) is 9.58. The monoisotopic (exact) mass is 482 g/mol. The Balaban J connectivity index is 0.00000199. The van der Waals surface area contributed by atoms with Gasteiger partial charge in [-0.1, -0.05) is 32.8 Å². The van der Waals surface area contributed by atoms with Crippen LogP contribution in [0.3, 0.4) is 0 Å². The Labute approximate surface area is 200 Å². The summed E-state index contributed by atoms with van der Waals surface area (Å²) in [7, 11) is 0. The molecule has 1 unspecified atom stereocenters. The van der Waals surface area contributed by atoms with Crippen LogP contribution in [0.5, 0.6) is 0 Å². The zero-order chi connectivity index (χ0) is 25.7. The minimum atomic E-state index is -1.16. The molecule has 3 rings (SSSR count). The maximum absolute atomic E-state index is 14.1. The standard InChI is InChI=1S/C23H30F2N2O5.C2H6/c1-22(2,3)32-21(31)27-13-17(9-7-15-6-8-16(24)12-18(15)25)26(14-19(28)29)20(30)23(27)10-4-5-11-23;1-2/h6,8,12,17H,4-5,7,9-11,13-14H2,1-3H3,(H,28,29);1-2H3. The fourth-order valence-electron chi connectivity index (χ4n) is 4.68. The summed E-state index contributed by atoms with van der Waals surface area (Å²) >= 11 is 0. The van der Waals surface area contributed by atoms with Gasteiger partial charge in [-0.25, -0.2) is 13.6 Å². The van der Waals surface area contributed by atoms with Gasteiger partial charge in [0.2, 0.25) is 5.91 Å². The van der Waals surface area contributed by atoms with Crippen molar-refractivity contribution in [3.63, 3.8) is 0 Å². The second-order valence-electron chi connectivity index (χ2n) is 9.58. The third-order valence-corrected chi connectivity index (χ3v) is 6.12. The van der Waals surface area contributed by atoms with E-state index >= 15 is 0 Å². The van der Waals surface area contributed by atoms with E-state index in [1.54, 1.807) is 20.8 Å². The SMILES string of the molecule is CC.CC(C)(C)OC(=O)N1CC(CCc2ccc(F)cc2F)N(CC(=O)O)C(=O)C12CCCC2. The zero-order valence-corrected chi connectivity index (χ0v) is 20.7. The molecule has 1 N–H and O–H groups in total. The number of carbonyl (C=O) groups excluding carboxylic acids is 2. The zero-order valence-electron chi connectivity index (χ0n) is 20.7. The van der Waals surface area contributed by atoms with Crippen molar-refractivity contribution in [2.45, 2.75) is 90.3 Å². The van der Waals surface area contributed by atoms with Crippen molar-refractivity contribution in [3.8, 4) is 0 Å². The van der Waals surface area contributed by atoms with Gasteiger partial charge >= 0.3 is 12.1 Å². The van der Waals surface area contributed by atoms with Gasteiger partial charge < -0.3 is 14.7 Å². The number of nitrogens with zero attached hydrogens (tertiary/aromatic N) is 2. The van der Waals surface area contributed by atoms with E-state index in [0.29, 0.717) is 12.8 Å². The molecule has 1 aromatic rings. The summed E-state index contributed by atoms with van der Waals surface area (Å²) < 4.78 is 32.9. The molecule has 0 bridgehead atoms. The minimum absolute atomic E-state index is 0.0940. The minimum Gasteiger partial charge on any atom is -0.480 e. The second kappa shape index (κ2) is 11.1. The summed E-state index contributed by atoms with van der Waals surface area (Å²) in [5, 5.41) is 9.42. The highest BCUT2D eigenvalue weighted by Crippen LogP contribution is 2.41. The largest absolute Gasteiger partial charge is 0.480 e. The first-order chi connectivity index (χ1) is 15.9. The van der Waals surface area contributed by atoms with E-state index in [4.69, 9.17) is 4.74 Å². The molecule has 34 heavy (non-hydrogen) atoms. The molecule has 1 spiro atoms. The average molecular weight is 483 g/mol. The number of ether oxygens (including phenoxy) is 1. The fourth-order valence-corrected chi connectivity index (χ4v) is 4.68. The van der Waals surface area contributed by atoms with Gasteiger partial charge in [0.1, 0.15) is 29.3 Å². The van der Waals surface area contributed by atoms with Gasteiger partial charge in [-0.2, -0.15) is 0 Å². The third kappa shape index (κ3) is 6.24. The predicted octanol–water partition coefficient (Wildman–Crippen LogP) is 4.77. The van der Waals surface area contributed by atoms with Gasteiger partial charge in [-0.05, 0) is 58.1 Å². The van der Waals surface area contributed by atoms with E-state index in [-0.39, 0.29) is 24.9 Å². The van der Waals surface area contributed by atoms with E-state index in [2.05, 4.69) is 0 Å². The lowest BCUT2D eigenvalue weighted by Gasteiger charge is -2.51. The first-order valence-corrected chi connectivity index (χ1v) is 11.9. The number of rotatable bonds is 5. The van der Waals surface area contributed by atoms with Gasteiger partial charge in [0, 0.05) is 12.6 Å². The molecule has 0 radical (unpaired) electrons. The fraction of sp³-hybridized carbons (Fsp3) is 0.640. The van der Waals surface area contributed by atoms with Crippen LogP contribution in [0.1, 0.15) is 72.3 Å². The number of aliphatic carboxylic acids is 1. The van der Waals surface area contributed by atoms with E-state index in [1.807, 2.05) is 13.8 Å². The molecule has 1 atom stereocenters. The molecule has 2 amide bonds. The van der Waals surface area contributed by atoms with E-state index in [0.717, 1.165) is 25.0 Å². The Kier molecular flexibility index (Phi) is 9.02. The van der Waals surface area contributed by atoms with Crippen molar-refractivity contribution in [1.29, 1.82) is 0 Å². The number of piperazine rings is 1. The highest BCUT2D eigenvalue weighted by molar-refractivity contribution is 5.93. The first-order valence-electron chi connectivity index (χ1n) is 11.9. The molecule has 1 saturated carbocycles. The molecule has 1 heterocycles. The summed E-state index contributed by atoms with van der Waals surface area (Å²) in [6.45, 7) is 8.81. The summed E-state index contributed by atoms with van der Waals surface area (Å²) in [6, 6.07) is 2.64. The molecular weight excluding hydrogens is 446 g/mol. The molecule has 190 valence electrons. The van der Waals surface area contributed by atoms with E-state index in [9.17, 15) is 28.3 Å². The average Bonchev–Trinajstić information content (AvgIpc) is 3.22. The van der Waals surface area contributed by atoms with Crippen molar-refractivity contribution in [1.82, 2.24) is 9.80 Å². The van der Waals surface area contributed by atoms with Gasteiger partial charge in [-0.15, -0.1) is 0 Å².